The minimum Gasteiger partial charge on any atom is -0.496 e. The molecule has 5 nitrogen and oxygen atoms in total. The summed E-state index contributed by atoms with van der Waals surface area (Å²) in [5, 5.41) is 0.559. The maximum Gasteiger partial charge on any atom is 0.260 e. The summed E-state index contributed by atoms with van der Waals surface area (Å²) in [5.41, 5.74) is 0.460. The number of rotatable bonds is 4. The first-order valence-corrected chi connectivity index (χ1v) is 6.66. The molecule has 1 heterocycles. The van der Waals surface area contributed by atoms with Crippen LogP contribution in [0.25, 0.3) is 0 Å². The molecule has 6 heteroatoms. The average Bonchev–Trinajstić information content (AvgIpc) is 2.47. The topological polar surface area (TPSA) is 62.4 Å². The fraction of sp³-hybridized carbons (Fsp3) is 0.200. The van der Waals surface area contributed by atoms with Crippen molar-refractivity contribution in [3.8, 4) is 5.75 Å². The largest absolute Gasteiger partial charge is 0.496 e. The number of carbonyl (C=O) groups is 1. The lowest BCUT2D eigenvalue weighted by Crippen LogP contribution is -2.31. The highest BCUT2D eigenvalue weighted by molar-refractivity contribution is 6.30. The number of benzene rings is 1. The molecule has 0 aliphatic heterocycles. The maximum atomic E-state index is 12.3. The number of H-pyrrole nitrogens is 1. The molecule has 0 saturated carbocycles. The van der Waals surface area contributed by atoms with Gasteiger partial charge in [-0.15, -0.1) is 0 Å². The number of halogens is 1. The second-order valence-electron chi connectivity index (χ2n) is 4.53. The van der Waals surface area contributed by atoms with Crippen LogP contribution in [0, 0.1) is 0 Å². The molecule has 2 aromatic rings. The van der Waals surface area contributed by atoms with Gasteiger partial charge in [-0.2, -0.15) is 0 Å². The third kappa shape index (κ3) is 3.44. The number of nitrogens with zero attached hydrogens (tertiary/aromatic N) is 1. The SMILES string of the molecule is COc1ccc(Cl)cc1CN(C)C(=O)c1ccc[nH]c1=O. The number of hydrogen-bond acceptors (Lipinski definition) is 3. The van der Waals surface area contributed by atoms with Crippen molar-refractivity contribution < 1.29 is 9.53 Å². The summed E-state index contributed by atoms with van der Waals surface area (Å²) in [6.07, 6.45) is 1.49. The van der Waals surface area contributed by atoms with Crippen molar-refractivity contribution in [2.45, 2.75) is 6.54 Å². The van der Waals surface area contributed by atoms with Crippen molar-refractivity contribution in [3.05, 3.63) is 63.0 Å². The summed E-state index contributed by atoms with van der Waals surface area (Å²) < 4.78 is 5.25. The Labute approximate surface area is 127 Å². The first-order valence-electron chi connectivity index (χ1n) is 6.28. The van der Waals surface area contributed by atoms with E-state index in [-0.39, 0.29) is 18.0 Å². The molecule has 0 unspecified atom stereocenters. The Morgan fingerprint density at radius 3 is 2.81 bits per heavy atom. The van der Waals surface area contributed by atoms with Crippen molar-refractivity contribution >= 4 is 17.5 Å². The van der Waals surface area contributed by atoms with Gasteiger partial charge in [0.15, 0.2) is 0 Å². The van der Waals surface area contributed by atoms with Crippen LogP contribution in [0.4, 0.5) is 0 Å². The third-order valence-corrected chi connectivity index (χ3v) is 3.28. The minimum atomic E-state index is -0.410. The van der Waals surface area contributed by atoms with Crippen LogP contribution in [-0.4, -0.2) is 29.9 Å². The van der Waals surface area contributed by atoms with Crippen LogP contribution in [0.2, 0.25) is 5.02 Å². The lowest BCUT2D eigenvalue weighted by Gasteiger charge is -2.18. The second kappa shape index (κ2) is 6.45. The molecule has 110 valence electrons. The highest BCUT2D eigenvalue weighted by Gasteiger charge is 2.16. The molecule has 0 spiro atoms. The van der Waals surface area contributed by atoms with E-state index in [0.29, 0.717) is 10.8 Å². The van der Waals surface area contributed by atoms with Crippen LogP contribution in [0.5, 0.6) is 5.75 Å². The Morgan fingerprint density at radius 1 is 1.38 bits per heavy atom. The van der Waals surface area contributed by atoms with Gasteiger partial charge in [0.1, 0.15) is 11.3 Å². The fourth-order valence-electron chi connectivity index (χ4n) is 1.99. The van der Waals surface area contributed by atoms with Crippen LogP contribution >= 0.6 is 11.6 Å². The predicted molar refractivity (Wildman–Crippen MR) is 80.9 cm³/mol. The molecule has 21 heavy (non-hydrogen) atoms. The summed E-state index contributed by atoms with van der Waals surface area (Å²) in [6, 6.07) is 8.30. The van der Waals surface area contributed by atoms with E-state index in [1.807, 2.05) is 0 Å². The average molecular weight is 307 g/mol. The van der Waals surface area contributed by atoms with E-state index in [4.69, 9.17) is 16.3 Å². The highest BCUT2D eigenvalue weighted by atomic mass is 35.5. The molecule has 1 aromatic carbocycles. The first-order chi connectivity index (χ1) is 10.0. The summed E-state index contributed by atoms with van der Waals surface area (Å²) in [6.45, 7) is 0.289. The molecule has 0 bridgehead atoms. The van der Waals surface area contributed by atoms with Crippen molar-refractivity contribution in [3.63, 3.8) is 0 Å². The van der Waals surface area contributed by atoms with Crippen LogP contribution in [0.1, 0.15) is 15.9 Å². The van der Waals surface area contributed by atoms with Crippen molar-refractivity contribution in [1.82, 2.24) is 9.88 Å². The van der Waals surface area contributed by atoms with Crippen LogP contribution < -0.4 is 10.3 Å². The number of pyridine rings is 1. The highest BCUT2D eigenvalue weighted by Crippen LogP contribution is 2.24. The molecule has 0 fully saturated rings. The number of carbonyl (C=O) groups excluding carboxylic acids is 1. The van der Waals surface area contributed by atoms with Gasteiger partial charge in [-0.25, -0.2) is 0 Å². The summed E-state index contributed by atoms with van der Waals surface area (Å²) >= 11 is 5.97. The maximum absolute atomic E-state index is 12.3. The van der Waals surface area contributed by atoms with Crippen molar-refractivity contribution in [2.75, 3.05) is 14.2 Å². The van der Waals surface area contributed by atoms with Gasteiger partial charge in [-0.3, -0.25) is 9.59 Å². The molecular weight excluding hydrogens is 292 g/mol. The molecule has 1 N–H and O–H groups in total. The van der Waals surface area contributed by atoms with Crippen LogP contribution in [0.3, 0.4) is 0 Å². The molecule has 0 saturated heterocycles. The van der Waals surface area contributed by atoms with E-state index in [0.717, 1.165) is 5.56 Å². The Morgan fingerprint density at radius 2 is 2.14 bits per heavy atom. The molecule has 1 amide bonds. The number of hydrogen-bond donors (Lipinski definition) is 1. The minimum absolute atomic E-state index is 0.0981. The number of amides is 1. The summed E-state index contributed by atoms with van der Waals surface area (Å²) in [4.78, 5) is 27.9. The van der Waals surface area contributed by atoms with E-state index in [1.54, 1.807) is 38.4 Å². The molecule has 0 aliphatic carbocycles. The molecule has 0 aliphatic rings. The van der Waals surface area contributed by atoms with Gasteiger partial charge in [0.2, 0.25) is 0 Å². The predicted octanol–water partition coefficient (Wildman–Crippen LogP) is 2.31. The van der Waals surface area contributed by atoms with Crippen molar-refractivity contribution in [1.29, 1.82) is 0 Å². The standard InChI is InChI=1S/C15H15ClN2O3/c1-18(15(20)12-4-3-7-17-14(12)19)9-10-8-11(16)5-6-13(10)21-2/h3-8H,9H2,1-2H3,(H,17,19). The Bertz CT molecular complexity index is 712. The van der Waals surface area contributed by atoms with E-state index < -0.39 is 5.56 Å². The van der Waals surface area contributed by atoms with Gasteiger partial charge in [0.05, 0.1) is 7.11 Å². The molecule has 0 radical (unpaired) electrons. The zero-order valence-electron chi connectivity index (χ0n) is 11.7. The summed E-state index contributed by atoms with van der Waals surface area (Å²) in [7, 11) is 3.17. The Kier molecular flexibility index (Phi) is 4.65. The Balaban J connectivity index is 2.24. The van der Waals surface area contributed by atoms with E-state index >= 15 is 0 Å². The van der Waals surface area contributed by atoms with Gasteiger partial charge in [-0.05, 0) is 30.3 Å². The number of methoxy groups -OCH3 is 1. The zero-order chi connectivity index (χ0) is 15.4. The van der Waals surface area contributed by atoms with E-state index in [2.05, 4.69) is 4.98 Å². The lowest BCUT2D eigenvalue weighted by molar-refractivity contribution is 0.0782. The second-order valence-corrected chi connectivity index (χ2v) is 4.97. The Hall–Kier alpha value is -2.27. The normalized spacial score (nSPS) is 10.2. The molecule has 1 aromatic heterocycles. The monoisotopic (exact) mass is 306 g/mol. The number of ether oxygens (including phenoxy) is 1. The summed E-state index contributed by atoms with van der Waals surface area (Å²) in [5.74, 6) is 0.278. The number of nitrogens with one attached hydrogen (secondary N) is 1. The van der Waals surface area contributed by atoms with Gasteiger partial charge >= 0.3 is 0 Å². The fourth-order valence-corrected chi connectivity index (χ4v) is 2.19. The smallest absolute Gasteiger partial charge is 0.260 e. The zero-order valence-corrected chi connectivity index (χ0v) is 12.5. The van der Waals surface area contributed by atoms with Crippen LogP contribution in [-0.2, 0) is 6.54 Å². The first kappa shape index (κ1) is 15.1. The van der Waals surface area contributed by atoms with E-state index in [1.165, 1.54) is 17.2 Å². The molecule has 2 rings (SSSR count). The third-order valence-electron chi connectivity index (χ3n) is 3.05. The van der Waals surface area contributed by atoms with Gasteiger partial charge in [0, 0.05) is 30.4 Å². The number of aromatic nitrogens is 1. The molecular formula is C15H15ClN2O3. The van der Waals surface area contributed by atoms with Crippen molar-refractivity contribution in [2.24, 2.45) is 0 Å². The van der Waals surface area contributed by atoms with Gasteiger partial charge in [-0.1, -0.05) is 11.6 Å². The van der Waals surface area contributed by atoms with E-state index in [9.17, 15) is 9.59 Å². The van der Waals surface area contributed by atoms with Crippen LogP contribution in [0.15, 0.2) is 41.3 Å². The van der Waals surface area contributed by atoms with Gasteiger partial charge < -0.3 is 14.6 Å². The quantitative estimate of drug-likeness (QED) is 0.943. The lowest BCUT2D eigenvalue weighted by atomic mass is 10.1. The number of aromatic amines is 1. The van der Waals surface area contributed by atoms with Gasteiger partial charge in [0.25, 0.3) is 11.5 Å². The molecule has 0 atom stereocenters.